The average molecular weight is 320 g/mol. The molecule has 2 atom stereocenters. The van der Waals surface area contributed by atoms with Gasteiger partial charge >= 0.3 is 6.03 Å². The number of hydrogen-bond donors (Lipinski definition) is 3. The summed E-state index contributed by atoms with van der Waals surface area (Å²) >= 11 is 1.74. The van der Waals surface area contributed by atoms with E-state index in [2.05, 4.69) is 28.8 Å². The third kappa shape index (κ3) is 3.76. The van der Waals surface area contributed by atoms with Crippen LogP contribution in [0.2, 0.25) is 0 Å². The summed E-state index contributed by atoms with van der Waals surface area (Å²) < 4.78 is 0. The van der Waals surface area contributed by atoms with Gasteiger partial charge in [-0.2, -0.15) is 11.8 Å². The molecule has 1 saturated heterocycles. The summed E-state index contributed by atoms with van der Waals surface area (Å²) in [5.74, 6) is 1.68. The standard InChI is InChI=1S/C17H24N2O2S/c20-16(18-11-17(21)9-10-22-12-17)19-15-8-4-2-6-13-5-1-3-7-14(13)15/h1,3,5,7,15,21H,2,4,6,8-12H2,(H2,18,19,20)/t15-,17-/m0/s1. The van der Waals surface area contributed by atoms with Gasteiger partial charge in [-0.15, -0.1) is 0 Å². The number of hydrogen-bond acceptors (Lipinski definition) is 3. The van der Waals surface area contributed by atoms with E-state index < -0.39 is 5.60 Å². The first-order valence-electron chi connectivity index (χ1n) is 8.09. The van der Waals surface area contributed by atoms with Crippen molar-refractivity contribution in [3.63, 3.8) is 0 Å². The molecule has 1 aromatic carbocycles. The number of carbonyl (C=O) groups is 1. The third-order valence-electron chi connectivity index (χ3n) is 4.59. The maximum atomic E-state index is 12.2. The highest BCUT2D eigenvalue weighted by Gasteiger charge is 2.32. The van der Waals surface area contributed by atoms with E-state index in [0.29, 0.717) is 12.3 Å². The van der Waals surface area contributed by atoms with E-state index in [1.165, 1.54) is 17.5 Å². The second kappa shape index (κ2) is 6.92. The molecule has 5 heteroatoms. The van der Waals surface area contributed by atoms with Gasteiger partial charge in [-0.3, -0.25) is 0 Å². The van der Waals surface area contributed by atoms with Crippen molar-refractivity contribution in [2.45, 2.75) is 43.7 Å². The lowest BCUT2D eigenvalue weighted by Crippen LogP contribution is -2.47. The van der Waals surface area contributed by atoms with Crippen LogP contribution >= 0.6 is 11.8 Å². The molecule has 4 nitrogen and oxygen atoms in total. The highest BCUT2D eigenvalue weighted by atomic mass is 32.2. The van der Waals surface area contributed by atoms with Crippen LogP contribution in [0.1, 0.15) is 42.9 Å². The number of aliphatic hydroxyl groups is 1. The molecule has 0 saturated carbocycles. The molecule has 0 aromatic heterocycles. The minimum absolute atomic E-state index is 0.0753. The van der Waals surface area contributed by atoms with Crippen molar-refractivity contribution < 1.29 is 9.90 Å². The highest BCUT2D eigenvalue weighted by Crippen LogP contribution is 2.29. The fourth-order valence-electron chi connectivity index (χ4n) is 3.26. The Hall–Kier alpha value is -1.20. The van der Waals surface area contributed by atoms with E-state index in [1.54, 1.807) is 11.8 Å². The van der Waals surface area contributed by atoms with Crippen molar-refractivity contribution in [1.82, 2.24) is 10.6 Å². The molecule has 1 aliphatic carbocycles. The summed E-state index contributed by atoms with van der Waals surface area (Å²) in [6, 6.07) is 8.28. The van der Waals surface area contributed by atoms with Crippen LogP contribution in [0.15, 0.2) is 24.3 Å². The Labute approximate surface area is 136 Å². The van der Waals surface area contributed by atoms with E-state index in [4.69, 9.17) is 0 Å². The van der Waals surface area contributed by atoms with Crippen molar-refractivity contribution in [3.8, 4) is 0 Å². The van der Waals surface area contributed by atoms with Gasteiger partial charge in [0.05, 0.1) is 11.6 Å². The van der Waals surface area contributed by atoms with Crippen LogP contribution in [0.3, 0.4) is 0 Å². The van der Waals surface area contributed by atoms with E-state index in [0.717, 1.165) is 31.4 Å². The maximum absolute atomic E-state index is 12.2. The van der Waals surface area contributed by atoms with E-state index in [1.807, 2.05) is 6.07 Å². The van der Waals surface area contributed by atoms with Gasteiger partial charge in [-0.25, -0.2) is 4.79 Å². The van der Waals surface area contributed by atoms with Crippen LogP contribution in [-0.4, -0.2) is 34.8 Å². The molecule has 1 aliphatic heterocycles. The second-order valence-corrected chi connectivity index (χ2v) is 7.46. The van der Waals surface area contributed by atoms with Crippen LogP contribution in [0.25, 0.3) is 0 Å². The monoisotopic (exact) mass is 320 g/mol. The molecule has 0 radical (unpaired) electrons. The van der Waals surface area contributed by atoms with Gasteiger partial charge in [0.1, 0.15) is 0 Å². The second-order valence-electron chi connectivity index (χ2n) is 6.35. The molecular formula is C17H24N2O2S. The first kappa shape index (κ1) is 15.7. The molecule has 3 N–H and O–H groups in total. The predicted octanol–water partition coefficient (Wildman–Crippen LogP) is 2.62. The van der Waals surface area contributed by atoms with Gasteiger partial charge in [-0.1, -0.05) is 30.7 Å². The largest absolute Gasteiger partial charge is 0.387 e. The third-order valence-corrected chi connectivity index (χ3v) is 5.82. The van der Waals surface area contributed by atoms with Gasteiger partial charge in [0.25, 0.3) is 0 Å². The number of fused-ring (bicyclic) bond motifs is 1. The minimum atomic E-state index is -0.733. The number of rotatable bonds is 3. The normalized spacial score (nSPS) is 27.8. The van der Waals surface area contributed by atoms with E-state index in [9.17, 15) is 9.90 Å². The molecule has 2 aliphatic rings. The van der Waals surface area contributed by atoms with Crippen molar-refractivity contribution >= 4 is 17.8 Å². The van der Waals surface area contributed by atoms with Crippen molar-refractivity contribution in [1.29, 1.82) is 0 Å². The number of carbonyl (C=O) groups excluding carboxylic acids is 1. The molecule has 0 bridgehead atoms. The Balaban J connectivity index is 1.59. The van der Waals surface area contributed by atoms with Crippen LogP contribution in [-0.2, 0) is 6.42 Å². The van der Waals surface area contributed by atoms with Crippen LogP contribution in [0.4, 0.5) is 4.79 Å². The van der Waals surface area contributed by atoms with Crippen LogP contribution in [0.5, 0.6) is 0 Å². The SMILES string of the molecule is O=C(NC[C@@]1(O)CCSC1)N[C@H]1CCCCc2ccccc21. The first-order chi connectivity index (χ1) is 10.7. The first-order valence-corrected chi connectivity index (χ1v) is 9.24. The number of benzene rings is 1. The molecule has 1 heterocycles. The molecule has 120 valence electrons. The van der Waals surface area contributed by atoms with Gasteiger partial charge in [0.2, 0.25) is 0 Å². The number of thioether (sulfide) groups is 1. The summed E-state index contributed by atoms with van der Waals surface area (Å²) in [6.07, 6.45) is 5.12. The Kier molecular flexibility index (Phi) is 4.93. The smallest absolute Gasteiger partial charge is 0.315 e. The van der Waals surface area contributed by atoms with Gasteiger partial charge in [-0.05, 0) is 42.6 Å². The van der Waals surface area contributed by atoms with E-state index >= 15 is 0 Å². The van der Waals surface area contributed by atoms with Crippen molar-refractivity contribution in [3.05, 3.63) is 35.4 Å². The fourth-order valence-corrected chi connectivity index (χ4v) is 4.56. The van der Waals surface area contributed by atoms with Gasteiger partial charge in [0.15, 0.2) is 0 Å². The van der Waals surface area contributed by atoms with Crippen LogP contribution in [0, 0.1) is 0 Å². The summed E-state index contributed by atoms with van der Waals surface area (Å²) in [7, 11) is 0. The van der Waals surface area contributed by atoms with Gasteiger partial charge in [0, 0.05) is 12.3 Å². The Morgan fingerprint density at radius 2 is 2.23 bits per heavy atom. The predicted molar refractivity (Wildman–Crippen MR) is 90.2 cm³/mol. The molecule has 3 rings (SSSR count). The average Bonchev–Trinajstić information content (AvgIpc) is 2.86. The zero-order valence-electron chi connectivity index (χ0n) is 12.8. The number of nitrogens with one attached hydrogen (secondary N) is 2. The zero-order valence-corrected chi connectivity index (χ0v) is 13.6. The summed E-state index contributed by atoms with van der Waals surface area (Å²) in [6.45, 7) is 0.334. The summed E-state index contributed by atoms with van der Waals surface area (Å²) in [5.41, 5.74) is 1.85. The maximum Gasteiger partial charge on any atom is 0.315 e. The summed E-state index contributed by atoms with van der Waals surface area (Å²) in [4.78, 5) is 12.2. The quantitative estimate of drug-likeness (QED) is 0.750. The molecule has 1 aromatic rings. The van der Waals surface area contributed by atoms with Crippen molar-refractivity contribution in [2.75, 3.05) is 18.1 Å². The molecule has 1 fully saturated rings. The number of amides is 2. The summed E-state index contributed by atoms with van der Waals surface area (Å²) in [5, 5.41) is 16.2. The molecule has 22 heavy (non-hydrogen) atoms. The Morgan fingerprint density at radius 1 is 1.36 bits per heavy atom. The highest BCUT2D eigenvalue weighted by molar-refractivity contribution is 7.99. The van der Waals surface area contributed by atoms with Gasteiger partial charge < -0.3 is 15.7 Å². The van der Waals surface area contributed by atoms with Crippen LogP contribution < -0.4 is 10.6 Å². The molecule has 2 amide bonds. The number of urea groups is 1. The van der Waals surface area contributed by atoms with E-state index in [-0.39, 0.29) is 12.1 Å². The lowest BCUT2D eigenvalue weighted by atomic mass is 9.99. The topological polar surface area (TPSA) is 61.4 Å². The Morgan fingerprint density at radius 3 is 3.05 bits per heavy atom. The molecule has 0 unspecified atom stereocenters. The Bertz CT molecular complexity index is 529. The zero-order chi connectivity index (χ0) is 15.4. The minimum Gasteiger partial charge on any atom is -0.387 e. The lowest BCUT2D eigenvalue weighted by molar-refractivity contribution is 0.0698. The van der Waals surface area contributed by atoms with Crippen molar-refractivity contribution in [2.24, 2.45) is 0 Å². The number of aryl methyl sites for hydroxylation is 1. The molecule has 0 spiro atoms. The fraction of sp³-hybridized carbons (Fsp3) is 0.588. The lowest BCUT2D eigenvalue weighted by Gasteiger charge is -2.24. The molecular weight excluding hydrogens is 296 g/mol.